The van der Waals surface area contributed by atoms with Crippen molar-refractivity contribution in [2.45, 2.75) is 0 Å². The maximum atomic E-state index is 11.5. The second-order valence-corrected chi connectivity index (χ2v) is 3.81. The second kappa shape index (κ2) is 7.67. The molecule has 1 aromatic carbocycles. The monoisotopic (exact) mass is 268 g/mol. The molecule has 96 valence electrons. The van der Waals surface area contributed by atoms with E-state index in [0.29, 0.717) is 29.5 Å². The molecule has 0 radical (unpaired) electrons. The van der Waals surface area contributed by atoms with Crippen LogP contribution in [0.1, 0.15) is 5.56 Å². The number of rotatable bonds is 6. The maximum absolute atomic E-state index is 11.5. The largest absolute Gasteiger partial charge is 0.382 e. The van der Waals surface area contributed by atoms with Crippen molar-refractivity contribution in [3.8, 4) is 6.07 Å². The number of nitrogens with zero attached hydrogens (tertiary/aromatic N) is 1. The lowest BCUT2D eigenvalue weighted by molar-refractivity contribution is -0.121. The van der Waals surface area contributed by atoms with Crippen LogP contribution in [0.2, 0.25) is 5.02 Å². The van der Waals surface area contributed by atoms with E-state index in [9.17, 15) is 4.79 Å². The summed E-state index contributed by atoms with van der Waals surface area (Å²) >= 11 is 5.84. The van der Waals surface area contributed by atoms with Gasteiger partial charge in [0, 0.05) is 12.8 Å². The molecule has 0 fully saturated rings. The fourth-order valence-electron chi connectivity index (χ4n) is 1.19. The van der Waals surface area contributed by atoms with E-state index in [-0.39, 0.29) is 12.5 Å². The summed E-state index contributed by atoms with van der Waals surface area (Å²) in [5, 5.41) is 11.6. The molecule has 0 aromatic heterocycles. The summed E-state index contributed by atoms with van der Waals surface area (Å²) in [5.41, 5.74) is 0.894. The standard InChI is InChI=1S/C12H13ClN2O3/c1-17-4-5-18-8-12(16)15-10-3-2-9(7-14)11(13)6-10/h2-3,6H,4-5,8H2,1H3,(H,15,16). The molecule has 0 saturated carbocycles. The highest BCUT2D eigenvalue weighted by Crippen LogP contribution is 2.19. The van der Waals surface area contributed by atoms with E-state index < -0.39 is 0 Å². The first kappa shape index (κ1) is 14.5. The van der Waals surface area contributed by atoms with Gasteiger partial charge in [0.05, 0.1) is 23.8 Å². The van der Waals surface area contributed by atoms with E-state index in [0.717, 1.165) is 0 Å². The highest BCUT2D eigenvalue weighted by molar-refractivity contribution is 6.32. The van der Waals surface area contributed by atoms with Gasteiger partial charge in [-0.05, 0) is 18.2 Å². The summed E-state index contributed by atoms with van der Waals surface area (Å²) in [6.45, 7) is 0.745. The zero-order valence-corrected chi connectivity index (χ0v) is 10.7. The van der Waals surface area contributed by atoms with E-state index in [2.05, 4.69) is 5.32 Å². The Morgan fingerprint density at radius 1 is 1.50 bits per heavy atom. The molecule has 0 heterocycles. The summed E-state index contributed by atoms with van der Waals surface area (Å²) in [6.07, 6.45) is 0. The molecule has 0 aliphatic rings. The lowest BCUT2D eigenvalue weighted by atomic mass is 10.2. The summed E-state index contributed by atoms with van der Waals surface area (Å²) in [5.74, 6) is -0.285. The quantitative estimate of drug-likeness (QED) is 0.799. The topological polar surface area (TPSA) is 71.3 Å². The van der Waals surface area contributed by atoms with Gasteiger partial charge in [-0.1, -0.05) is 11.6 Å². The predicted octanol–water partition coefficient (Wildman–Crippen LogP) is 1.81. The van der Waals surface area contributed by atoms with Crippen molar-refractivity contribution in [1.29, 1.82) is 5.26 Å². The number of anilines is 1. The van der Waals surface area contributed by atoms with Crippen molar-refractivity contribution in [3.63, 3.8) is 0 Å². The third-order valence-electron chi connectivity index (χ3n) is 2.04. The molecule has 5 nitrogen and oxygen atoms in total. The number of hydrogen-bond donors (Lipinski definition) is 1. The van der Waals surface area contributed by atoms with Crippen LogP contribution in [0.25, 0.3) is 0 Å². The van der Waals surface area contributed by atoms with Gasteiger partial charge >= 0.3 is 0 Å². The first-order chi connectivity index (χ1) is 8.67. The molecule has 0 atom stereocenters. The summed E-state index contributed by atoms with van der Waals surface area (Å²) in [7, 11) is 1.56. The Kier molecular flexibility index (Phi) is 6.15. The zero-order chi connectivity index (χ0) is 13.4. The zero-order valence-electron chi connectivity index (χ0n) is 9.90. The van der Waals surface area contributed by atoms with Crippen molar-refractivity contribution in [2.24, 2.45) is 0 Å². The molecule has 0 aliphatic heterocycles. The van der Waals surface area contributed by atoms with Crippen LogP contribution in [-0.2, 0) is 14.3 Å². The average Bonchev–Trinajstić information content (AvgIpc) is 2.35. The van der Waals surface area contributed by atoms with Gasteiger partial charge in [-0.15, -0.1) is 0 Å². The minimum absolute atomic E-state index is 0.0546. The average molecular weight is 269 g/mol. The first-order valence-corrected chi connectivity index (χ1v) is 5.61. The van der Waals surface area contributed by atoms with Gasteiger partial charge in [-0.25, -0.2) is 0 Å². The van der Waals surface area contributed by atoms with Gasteiger partial charge in [0.15, 0.2) is 0 Å². The highest BCUT2D eigenvalue weighted by Gasteiger charge is 2.05. The molecule has 0 spiro atoms. The number of halogens is 1. The van der Waals surface area contributed by atoms with Crippen molar-refractivity contribution in [1.82, 2.24) is 0 Å². The number of nitrogens with one attached hydrogen (secondary N) is 1. The Labute approximate surface area is 110 Å². The Morgan fingerprint density at radius 3 is 2.89 bits per heavy atom. The van der Waals surface area contributed by atoms with Gasteiger partial charge < -0.3 is 14.8 Å². The van der Waals surface area contributed by atoms with Gasteiger partial charge in [0.1, 0.15) is 12.7 Å². The van der Waals surface area contributed by atoms with E-state index >= 15 is 0 Å². The minimum Gasteiger partial charge on any atom is -0.382 e. The van der Waals surface area contributed by atoms with Crippen LogP contribution in [-0.4, -0.2) is 32.8 Å². The van der Waals surface area contributed by atoms with E-state index in [1.54, 1.807) is 19.2 Å². The molecule has 0 saturated heterocycles. The van der Waals surface area contributed by atoms with Crippen molar-refractivity contribution in [2.75, 3.05) is 32.2 Å². The Balaban J connectivity index is 2.45. The lowest BCUT2D eigenvalue weighted by Gasteiger charge is -2.06. The van der Waals surface area contributed by atoms with Crippen molar-refractivity contribution >= 4 is 23.2 Å². The fourth-order valence-corrected chi connectivity index (χ4v) is 1.41. The van der Waals surface area contributed by atoms with Gasteiger partial charge in [-0.3, -0.25) is 4.79 Å². The smallest absolute Gasteiger partial charge is 0.250 e. The number of nitriles is 1. The second-order valence-electron chi connectivity index (χ2n) is 3.40. The molecule has 0 bridgehead atoms. The molecule has 18 heavy (non-hydrogen) atoms. The van der Waals surface area contributed by atoms with Crippen molar-refractivity contribution in [3.05, 3.63) is 28.8 Å². The first-order valence-electron chi connectivity index (χ1n) is 5.23. The minimum atomic E-state index is -0.285. The van der Waals surface area contributed by atoms with Gasteiger partial charge in [-0.2, -0.15) is 5.26 Å². The molecule has 0 aliphatic carbocycles. The summed E-state index contributed by atoms with van der Waals surface area (Å²) < 4.78 is 9.84. The molecule has 1 N–H and O–H groups in total. The Morgan fingerprint density at radius 2 is 2.28 bits per heavy atom. The normalized spacial score (nSPS) is 9.83. The number of amides is 1. The Bertz CT molecular complexity index is 457. The highest BCUT2D eigenvalue weighted by atomic mass is 35.5. The van der Waals surface area contributed by atoms with Crippen LogP contribution in [0.4, 0.5) is 5.69 Å². The van der Waals surface area contributed by atoms with Crippen LogP contribution < -0.4 is 5.32 Å². The lowest BCUT2D eigenvalue weighted by Crippen LogP contribution is -2.19. The Hall–Kier alpha value is -1.61. The molecular weight excluding hydrogens is 256 g/mol. The van der Waals surface area contributed by atoms with Crippen LogP contribution in [0.3, 0.4) is 0 Å². The fraction of sp³-hybridized carbons (Fsp3) is 0.333. The third kappa shape index (κ3) is 4.72. The van der Waals surface area contributed by atoms with Crippen LogP contribution in [0.5, 0.6) is 0 Å². The molecule has 0 unspecified atom stereocenters. The van der Waals surface area contributed by atoms with Crippen LogP contribution in [0.15, 0.2) is 18.2 Å². The van der Waals surface area contributed by atoms with Gasteiger partial charge in [0.2, 0.25) is 5.91 Å². The van der Waals surface area contributed by atoms with E-state index in [1.165, 1.54) is 6.07 Å². The van der Waals surface area contributed by atoms with Crippen LogP contribution >= 0.6 is 11.6 Å². The third-order valence-corrected chi connectivity index (χ3v) is 2.35. The molecule has 1 rings (SSSR count). The molecule has 6 heteroatoms. The maximum Gasteiger partial charge on any atom is 0.250 e. The number of carbonyl (C=O) groups excluding carboxylic acids is 1. The SMILES string of the molecule is COCCOCC(=O)Nc1ccc(C#N)c(Cl)c1. The molecular formula is C12H13ClN2O3. The number of benzene rings is 1. The number of carbonyl (C=O) groups is 1. The van der Waals surface area contributed by atoms with Crippen molar-refractivity contribution < 1.29 is 14.3 Å². The summed E-state index contributed by atoms with van der Waals surface area (Å²) in [4.78, 5) is 11.5. The van der Waals surface area contributed by atoms with Crippen LogP contribution in [0, 0.1) is 11.3 Å². The number of ether oxygens (including phenoxy) is 2. The summed E-state index contributed by atoms with van der Waals surface area (Å²) in [6, 6.07) is 6.62. The number of hydrogen-bond acceptors (Lipinski definition) is 4. The molecule has 1 aromatic rings. The van der Waals surface area contributed by atoms with E-state index in [1.807, 2.05) is 6.07 Å². The number of methoxy groups -OCH3 is 1. The van der Waals surface area contributed by atoms with E-state index in [4.69, 9.17) is 26.3 Å². The predicted molar refractivity (Wildman–Crippen MR) is 67.5 cm³/mol. The van der Waals surface area contributed by atoms with Gasteiger partial charge in [0.25, 0.3) is 0 Å². The molecule has 1 amide bonds.